The van der Waals surface area contributed by atoms with E-state index in [1.165, 1.54) is 0 Å². The van der Waals surface area contributed by atoms with Gasteiger partial charge in [-0.2, -0.15) is 0 Å². The number of imide groups is 1. The van der Waals surface area contributed by atoms with Gasteiger partial charge in [-0.05, 0) is 49.7 Å². The van der Waals surface area contributed by atoms with Gasteiger partial charge in [-0.25, -0.2) is 4.79 Å². The molecule has 4 amide bonds. The zero-order valence-electron chi connectivity index (χ0n) is 14.7. The Morgan fingerprint density at radius 1 is 1.23 bits per heavy atom. The SMILES string of the molecule is NC1CCC(NC(=O)CN2C(=O)NC3(CCc4ccccc43)C2=O)CC1. The number of fused-ring (bicyclic) bond motifs is 2. The quantitative estimate of drug-likeness (QED) is 0.696. The van der Waals surface area contributed by atoms with Gasteiger partial charge in [0.2, 0.25) is 5.91 Å². The number of nitrogens with one attached hydrogen (secondary N) is 2. The maximum absolute atomic E-state index is 13.0. The van der Waals surface area contributed by atoms with Gasteiger partial charge in [0.1, 0.15) is 12.1 Å². The summed E-state index contributed by atoms with van der Waals surface area (Å²) < 4.78 is 0. The molecule has 1 unspecified atom stereocenters. The van der Waals surface area contributed by atoms with Crippen molar-refractivity contribution in [1.29, 1.82) is 0 Å². The van der Waals surface area contributed by atoms with Crippen LogP contribution in [0.3, 0.4) is 0 Å². The molecule has 7 nitrogen and oxygen atoms in total. The average Bonchev–Trinajstić information content (AvgIpc) is 3.11. The van der Waals surface area contributed by atoms with Gasteiger partial charge in [-0.15, -0.1) is 0 Å². The molecular formula is C19H24N4O3. The monoisotopic (exact) mass is 356 g/mol. The Morgan fingerprint density at radius 3 is 2.73 bits per heavy atom. The second kappa shape index (κ2) is 6.39. The van der Waals surface area contributed by atoms with Crippen molar-refractivity contribution in [2.45, 2.75) is 56.1 Å². The van der Waals surface area contributed by atoms with Crippen LogP contribution in [0.4, 0.5) is 4.79 Å². The molecule has 1 aromatic carbocycles. The molecule has 1 saturated carbocycles. The van der Waals surface area contributed by atoms with Crippen LogP contribution in [-0.2, 0) is 21.5 Å². The number of benzene rings is 1. The van der Waals surface area contributed by atoms with Crippen molar-refractivity contribution >= 4 is 17.8 Å². The number of rotatable bonds is 3. The molecule has 4 rings (SSSR count). The molecule has 3 aliphatic rings. The van der Waals surface area contributed by atoms with Crippen molar-refractivity contribution in [2.75, 3.05) is 6.54 Å². The third-order valence-electron chi connectivity index (χ3n) is 5.86. The summed E-state index contributed by atoms with van der Waals surface area (Å²) in [6.45, 7) is -0.239. The van der Waals surface area contributed by atoms with Gasteiger partial charge in [0, 0.05) is 12.1 Å². The number of hydrogen-bond acceptors (Lipinski definition) is 4. The number of aryl methyl sites for hydroxylation is 1. The van der Waals surface area contributed by atoms with Gasteiger partial charge in [0.15, 0.2) is 0 Å². The van der Waals surface area contributed by atoms with Crippen molar-refractivity contribution in [3.05, 3.63) is 35.4 Å². The van der Waals surface area contributed by atoms with Crippen LogP contribution >= 0.6 is 0 Å². The standard InChI is InChI=1S/C19H24N4O3/c20-13-5-7-14(8-6-13)21-16(24)11-23-17(25)19(22-18(23)26)10-9-12-3-1-2-4-15(12)19/h1-4,13-14H,5-11,20H2,(H,21,24)(H,22,26). The van der Waals surface area contributed by atoms with Gasteiger partial charge < -0.3 is 16.4 Å². The van der Waals surface area contributed by atoms with Crippen LogP contribution in [0, 0.1) is 0 Å². The first-order chi connectivity index (χ1) is 12.5. The summed E-state index contributed by atoms with van der Waals surface area (Å²) in [5.74, 6) is -0.620. The number of amides is 4. The van der Waals surface area contributed by atoms with E-state index in [1.54, 1.807) is 0 Å². The third kappa shape index (κ3) is 2.76. The second-order valence-electron chi connectivity index (χ2n) is 7.56. The smallest absolute Gasteiger partial charge is 0.325 e. The molecule has 0 aromatic heterocycles. The number of carbonyl (C=O) groups is 3. The van der Waals surface area contributed by atoms with Crippen molar-refractivity contribution in [1.82, 2.24) is 15.5 Å². The summed E-state index contributed by atoms with van der Waals surface area (Å²) >= 11 is 0. The molecule has 1 spiro atoms. The summed E-state index contributed by atoms with van der Waals surface area (Å²) in [6, 6.07) is 7.45. The minimum Gasteiger partial charge on any atom is -0.352 e. The maximum Gasteiger partial charge on any atom is 0.325 e. The predicted molar refractivity (Wildman–Crippen MR) is 95.1 cm³/mol. The summed E-state index contributed by atoms with van der Waals surface area (Å²) in [4.78, 5) is 38.9. The summed E-state index contributed by atoms with van der Waals surface area (Å²) in [5.41, 5.74) is 6.80. The van der Waals surface area contributed by atoms with E-state index in [4.69, 9.17) is 5.73 Å². The lowest BCUT2D eigenvalue weighted by molar-refractivity contribution is -0.135. The first-order valence-electron chi connectivity index (χ1n) is 9.27. The summed E-state index contributed by atoms with van der Waals surface area (Å²) in [5, 5.41) is 5.78. The Labute approximate surface area is 152 Å². The van der Waals surface area contributed by atoms with E-state index in [9.17, 15) is 14.4 Å². The van der Waals surface area contributed by atoms with Crippen molar-refractivity contribution in [3.8, 4) is 0 Å². The molecule has 7 heteroatoms. The Balaban J connectivity index is 1.44. The van der Waals surface area contributed by atoms with Gasteiger partial charge in [0.25, 0.3) is 5.91 Å². The molecule has 2 aliphatic carbocycles. The van der Waals surface area contributed by atoms with Crippen LogP contribution in [0.2, 0.25) is 0 Å². The van der Waals surface area contributed by atoms with Crippen molar-refractivity contribution in [3.63, 3.8) is 0 Å². The fourth-order valence-corrected chi connectivity index (χ4v) is 4.41. The molecule has 0 radical (unpaired) electrons. The number of hydrogen-bond donors (Lipinski definition) is 3. The predicted octanol–water partition coefficient (Wildman–Crippen LogP) is 0.766. The Hall–Kier alpha value is -2.41. The van der Waals surface area contributed by atoms with Crippen LogP contribution in [0.5, 0.6) is 0 Å². The lowest BCUT2D eigenvalue weighted by atomic mass is 9.91. The molecule has 0 bridgehead atoms. The van der Waals surface area contributed by atoms with E-state index < -0.39 is 11.6 Å². The molecular weight excluding hydrogens is 332 g/mol. The Morgan fingerprint density at radius 2 is 1.96 bits per heavy atom. The van der Waals surface area contributed by atoms with Crippen molar-refractivity contribution in [2.24, 2.45) is 5.73 Å². The van der Waals surface area contributed by atoms with Crippen LogP contribution in [0.25, 0.3) is 0 Å². The maximum atomic E-state index is 13.0. The van der Waals surface area contributed by atoms with Crippen LogP contribution in [0.1, 0.15) is 43.2 Å². The van der Waals surface area contributed by atoms with Gasteiger partial charge in [-0.3, -0.25) is 14.5 Å². The highest BCUT2D eigenvalue weighted by Crippen LogP contribution is 2.41. The summed E-state index contributed by atoms with van der Waals surface area (Å²) in [7, 11) is 0. The van der Waals surface area contributed by atoms with Crippen LogP contribution in [-0.4, -0.2) is 41.4 Å². The molecule has 1 heterocycles. The first kappa shape index (κ1) is 17.0. The van der Waals surface area contributed by atoms with Crippen LogP contribution < -0.4 is 16.4 Å². The highest BCUT2D eigenvalue weighted by atomic mass is 16.2. The highest BCUT2D eigenvalue weighted by molar-refractivity contribution is 6.09. The molecule has 1 aromatic rings. The van der Waals surface area contributed by atoms with Crippen molar-refractivity contribution < 1.29 is 14.4 Å². The molecule has 1 aliphatic heterocycles. The third-order valence-corrected chi connectivity index (χ3v) is 5.86. The van der Waals surface area contributed by atoms with E-state index in [-0.39, 0.29) is 30.4 Å². The fourth-order valence-electron chi connectivity index (χ4n) is 4.41. The summed E-state index contributed by atoms with van der Waals surface area (Å²) in [6.07, 6.45) is 4.72. The minimum atomic E-state index is -1.01. The lowest BCUT2D eigenvalue weighted by Gasteiger charge is -2.27. The minimum absolute atomic E-state index is 0.0734. The topological polar surface area (TPSA) is 105 Å². The van der Waals surface area contributed by atoms with E-state index >= 15 is 0 Å². The molecule has 1 atom stereocenters. The fraction of sp³-hybridized carbons (Fsp3) is 0.526. The first-order valence-corrected chi connectivity index (χ1v) is 9.27. The number of urea groups is 1. The van der Waals surface area contributed by atoms with Crippen LogP contribution in [0.15, 0.2) is 24.3 Å². The van der Waals surface area contributed by atoms with E-state index in [0.29, 0.717) is 6.42 Å². The number of nitrogens with two attached hydrogens (primary N) is 1. The Bertz CT molecular complexity index is 757. The highest BCUT2D eigenvalue weighted by Gasteiger charge is 2.55. The van der Waals surface area contributed by atoms with Gasteiger partial charge in [-0.1, -0.05) is 24.3 Å². The zero-order valence-corrected chi connectivity index (χ0v) is 14.7. The van der Waals surface area contributed by atoms with E-state index in [2.05, 4.69) is 10.6 Å². The average molecular weight is 356 g/mol. The lowest BCUT2D eigenvalue weighted by Crippen LogP contribution is -2.47. The van der Waals surface area contributed by atoms with E-state index in [1.807, 2.05) is 24.3 Å². The van der Waals surface area contributed by atoms with E-state index in [0.717, 1.165) is 48.1 Å². The second-order valence-corrected chi connectivity index (χ2v) is 7.56. The molecule has 4 N–H and O–H groups in total. The largest absolute Gasteiger partial charge is 0.352 e. The number of nitrogens with zero attached hydrogens (tertiary/aromatic N) is 1. The molecule has 26 heavy (non-hydrogen) atoms. The number of carbonyl (C=O) groups excluding carboxylic acids is 3. The molecule has 2 fully saturated rings. The van der Waals surface area contributed by atoms with Gasteiger partial charge >= 0.3 is 6.03 Å². The van der Waals surface area contributed by atoms with Gasteiger partial charge in [0.05, 0.1) is 0 Å². The molecule has 138 valence electrons. The molecule has 1 saturated heterocycles. The Kier molecular flexibility index (Phi) is 4.19. The zero-order chi connectivity index (χ0) is 18.3. The normalized spacial score (nSPS) is 30.4.